The van der Waals surface area contributed by atoms with Crippen LogP contribution in [0.3, 0.4) is 0 Å². The van der Waals surface area contributed by atoms with Crippen molar-refractivity contribution in [2.45, 2.75) is 45.1 Å². The molecule has 0 saturated heterocycles. The summed E-state index contributed by atoms with van der Waals surface area (Å²) in [5.74, 6) is 0.901. The Balaban J connectivity index is 1.47. The first-order valence-corrected chi connectivity index (χ1v) is 9.49. The minimum absolute atomic E-state index is 0.0411. The zero-order chi connectivity index (χ0) is 16.8. The molecule has 3 nitrogen and oxygen atoms in total. The van der Waals surface area contributed by atoms with E-state index in [0.29, 0.717) is 18.5 Å². The van der Waals surface area contributed by atoms with E-state index in [1.165, 1.54) is 37.0 Å². The lowest BCUT2D eigenvalue weighted by atomic mass is 10.0. The summed E-state index contributed by atoms with van der Waals surface area (Å²) >= 11 is 1.46. The van der Waals surface area contributed by atoms with Crippen LogP contribution in [0.5, 0.6) is 0 Å². The van der Waals surface area contributed by atoms with Crippen molar-refractivity contribution in [2.75, 3.05) is 0 Å². The second-order valence-electron chi connectivity index (χ2n) is 6.43. The summed E-state index contributed by atoms with van der Waals surface area (Å²) in [7, 11) is 0. The van der Waals surface area contributed by atoms with Crippen LogP contribution in [0.2, 0.25) is 0 Å². The van der Waals surface area contributed by atoms with Gasteiger partial charge in [0.1, 0.15) is 0 Å². The summed E-state index contributed by atoms with van der Waals surface area (Å²) in [4.78, 5) is 26.1. The van der Waals surface area contributed by atoms with Crippen molar-refractivity contribution in [3.8, 4) is 0 Å². The maximum atomic E-state index is 12.4. The average Bonchev–Trinajstić information content (AvgIpc) is 3.30. The summed E-state index contributed by atoms with van der Waals surface area (Å²) in [6.07, 6.45) is 6.82. The third-order valence-electron chi connectivity index (χ3n) is 4.64. The molecule has 0 atom stereocenters. The quantitative estimate of drug-likeness (QED) is 0.750. The van der Waals surface area contributed by atoms with Gasteiger partial charge in [0, 0.05) is 16.9 Å². The number of amides is 1. The molecule has 0 bridgehead atoms. The molecule has 126 valence electrons. The number of ketones is 1. The first-order valence-electron chi connectivity index (χ1n) is 8.67. The molecule has 1 amide bonds. The third-order valence-corrected chi connectivity index (χ3v) is 5.72. The Labute approximate surface area is 147 Å². The van der Waals surface area contributed by atoms with Crippen molar-refractivity contribution in [2.24, 2.45) is 5.92 Å². The average molecular weight is 341 g/mol. The predicted molar refractivity (Wildman–Crippen MR) is 97.2 cm³/mol. The van der Waals surface area contributed by atoms with Gasteiger partial charge in [-0.2, -0.15) is 0 Å². The zero-order valence-corrected chi connectivity index (χ0v) is 14.6. The van der Waals surface area contributed by atoms with Gasteiger partial charge in [-0.05, 0) is 24.5 Å². The van der Waals surface area contributed by atoms with Crippen LogP contribution in [0.25, 0.3) is 0 Å². The molecule has 1 aliphatic rings. The fourth-order valence-corrected chi connectivity index (χ4v) is 4.14. The maximum Gasteiger partial charge on any atom is 0.220 e. The zero-order valence-electron chi connectivity index (χ0n) is 13.8. The van der Waals surface area contributed by atoms with Gasteiger partial charge < -0.3 is 5.32 Å². The molecule has 1 saturated carbocycles. The summed E-state index contributed by atoms with van der Waals surface area (Å²) in [6, 6.07) is 13.1. The molecule has 1 N–H and O–H groups in total. The topological polar surface area (TPSA) is 46.2 Å². The lowest BCUT2D eigenvalue weighted by molar-refractivity contribution is -0.121. The van der Waals surface area contributed by atoms with Gasteiger partial charge in [0.2, 0.25) is 11.7 Å². The first kappa shape index (κ1) is 16.9. The molecule has 0 radical (unpaired) electrons. The molecular formula is C20H23NO2S. The minimum atomic E-state index is 0.0411. The van der Waals surface area contributed by atoms with Crippen molar-refractivity contribution < 1.29 is 9.59 Å². The number of thiophene rings is 1. The molecule has 1 aromatic heterocycles. The smallest absolute Gasteiger partial charge is 0.220 e. The van der Waals surface area contributed by atoms with Crippen LogP contribution < -0.4 is 5.32 Å². The second kappa shape index (κ2) is 8.25. The van der Waals surface area contributed by atoms with Gasteiger partial charge in [0.25, 0.3) is 0 Å². The fraction of sp³-hybridized carbons (Fsp3) is 0.400. The molecule has 3 rings (SSSR count). The molecule has 0 spiro atoms. The number of carbonyl (C=O) groups is 2. The van der Waals surface area contributed by atoms with Crippen LogP contribution in [0, 0.1) is 5.92 Å². The van der Waals surface area contributed by atoms with E-state index in [9.17, 15) is 9.59 Å². The number of nitrogens with one attached hydrogen (secondary N) is 1. The lowest BCUT2D eigenvalue weighted by Gasteiger charge is -2.08. The fourth-order valence-electron chi connectivity index (χ4n) is 3.24. The van der Waals surface area contributed by atoms with E-state index < -0.39 is 0 Å². The van der Waals surface area contributed by atoms with E-state index in [2.05, 4.69) is 5.32 Å². The van der Waals surface area contributed by atoms with Gasteiger partial charge in [-0.15, -0.1) is 11.3 Å². The lowest BCUT2D eigenvalue weighted by Crippen LogP contribution is -2.22. The molecule has 0 unspecified atom stereocenters. The number of carbonyl (C=O) groups excluding carboxylic acids is 2. The number of benzene rings is 1. The van der Waals surface area contributed by atoms with Crippen LogP contribution in [0.1, 0.15) is 58.6 Å². The van der Waals surface area contributed by atoms with Crippen LogP contribution in [0.15, 0.2) is 42.5 Å². The molecule has 24 heavy (non-hydrogen) atoms. The maximum absolute atomic E-state index is 12.4. The van der Waals surface area contributed by atoms with E-state index in [1.807, 2.05) is 42.5 Å². The van der Waals surface area contributed by atoms with E-state index in [0.717, 1.165) is 22.1 Å². The molecule has 0 aliphatic heterocycles. The van der Waals surface area contributed by atoms with Crippen molar-refractivity contribution >= 4 is 23.0 Å². The number of hydrogen-bond donors (Lipinski definition) is 1. The normalized spacial score (nSPS) is 14.7. The summed E-state index contributed by atoms with van der Waals surface area (Å²) < 4.78 is 0. The first-order chi connectivity index (χ1) is 11.7. The molecule has 1 heterocycles. The van der Waals surface area contributed by atoms with Crippen molar-refractivity contribution in [3.63, 3.8) is 0 Å². The molecule has 2 aromatic rings. The minimum Gasteiger partial charge on any atom is -0.351 e. The van der Waals surface area contributed by atoms with Crippen LogP contribution in [-0.4, -0.2) is 11.7 Å². The van der Waals surface area contributed by atoms with Gasteiger partial charge in [-0.3, -0.25) is 9.59 Å². The van der Waals surface area contributed by atoms with Crippen molar-refractivity contribution in [3.05, 3.63) is 57.8 Å². The number of hydrogen-bond acceptors (Lipinski definition) is 3. The third kappa shape index (κ3) is 4.54. The highest BCUT2D eigenvalue weighted by atomic mass is 32.1. The van der Waals surface area contributed by atoms with Gasteiger partial charge in [-0.1, -0.05) is 56.0 Å². The Morgan fingerprint density at radius 2 is 1.79 bits per heavy atom. The standard InChI is InChI=1S/C20H23NO2S/c22-19(13-10-15-6-4-5-7-15)21-14-17-11-12-18(24-17)20(23)16-8-2-1-3-9-16/h1-3,8-9,11-12,15H,4-7,10,13-14H2,(H,21,22). The van der Waals surface area contributed by atoms with Crippen LogP contribution in [-0.2, 0) is 11.3 Å². The summed E-state index contributed by atoms with van der Waals surface area (Å²) in [5.41, 5.74) is 0.700. The Bertz CT molecular complexity index is 687. The van der Waals surface area contributed by atoms with Crippen molar-refractivity contribution in [1.82, 2.24) is 5.32 Å². The van der Waals surface area contributed by atoms with Crippen LogP contribution in [0.4, 0.5) is 0 Å². The Hall–Kier alpha value is -1.94. The molecule has 4 heteroatoms. The highest BCUT2D eigenvalue weighted by Crippen LogP contribution is 2.28. The van der Waals surface area contributed by atoms with Crippen LogP contribution >= 0.6 is 11.3 Å². The summed E-state index contributed by atoms with van der Waals surface area (Å²) in [5, 5.41) is 2.98. The van der Waals surface area contributed by atoms with Crippen molar-refractivity contribution in [1.29, 1.82) is 0 Å². The largest absolute Gasteiger partial charge is 0.351 e. The van der Waals surface area contributed by atoms with E-state index in [1.54, 1.807) is 0 Å². The Morgan fingerprint density at radius 1 is 1.04 bits per heavy atom. The SMILES string of the molecule is O=C(CCC1CCCC1)NCc1ccc(C(=O)c2ccccc2)s1. The van der Waals surface area contributed by atoms with E-state index in [4.69, 9.17) is 0 Å². The van der Waals surface area contributed by atoms with E-state index in [-0.39, 0.29) is 11.7 Å². The highest BCUT2D eigenvalue weighted by Gasteiger charge is 2.16. The Kier molecular flexibility index (Phi) is 5.81. The second-order valence-corrected chi connectivity index (χ2v) is 7.60. The molecule has 1 fully saturated rings. The van der Waals surface area contributed by atoms with Gasteiger partial charge in [0.05, 0.1) is 11.4 Å². The summed E-state index contributed by atoms with van der Waals surface area (Å²) in [6.45, 7) is 0.510. The van der Waals surface area contributed by atoms with Gasteiger partial charge >= 0.3 is 0 Å². The molecule has 1 aromatic carbocycles. The monoisotopic (exact) mass is 341 g/mol. The number of rotatable bonds is 7. The molecule has 1 aliphatic carbocycles. The van der Waals surface area contributed by atoms with Gasteiger partial charge in [0.15, 0.2) is 0 Å². The van der Waals surface area contributed by atoms with Gasteiger partial charge in [-0.25, -0.2) is 0 Å². The Morgan fingerprint density at radius 3 is 2.54 bits per heavy atom. The van der Waals surface area contributed by atoms with E-state index >= 15 is 0 Å². The molecular weight excluding hydrogens is 318 g/mol. The highest BCUT2D eigenvalue weighted by molar-refractivity contribution is 7.14. The predicted octanol–water partition coefficient (Wildman–Crippen LogP) is 4.57.